The molecule has 1 aliphatic rings. The van der Waals surface area contributed by atoms with Gasteiger partial charge in [0.15, 0.2) is 5.82 Å². The van der Waals surface area contributed by atoms with Gasteiger partial charge in [-0.25, -0.2) is 0 Å². The van der Waals surface area contributed by atoms with E-state index in [2.05, 4.69) is 20.2 Å². The first-order chi connectivity index (χ1) is 8.83. The zero-order chi connectivity index (χ0) is 12.4. The van der Waals surface area contributed by atoms with Crippen molar-refractivity contribution in [1.29, 1.82) is 0 Å². The molecule has 1 saturated heterocycles. The summed E-state index contributed by atoms with van der Waals surface area (Å²) in [5, 5.41) is 7.74. The summed E-state index contributed by atoms with van der Waals surface area (Å²) in [6, 6.07) is 1.84. The maximum atomic E-state index is 5.48. The molecule has 96 valence electrons. The molecular formula is C11H14N4O3. The second-order valence-corrected chi connectivity index (χ2v) is 4.23. The molecule has 3 rings (SSSR count). The van der Waals surface area contributed by atoms with Gasteiger partial charge in [0, 0.05) is 19.2 Å². The molecule has 0 spiro atoms. The number of morpholine rings is 1. The Hall–Kier alpha value is -1.73. The summed E-state index contributed by atoms with van der Waals surface area (Å²) < 4.78 is 15.6. The summed E-state index contributed by atoms with van der Waals surface area (Å²) in [7, 11) is 0. The van der Waals surface area contributed by atoms with E-state index >= 15 is 0 Å². The molecule has 0 aliphatic carbocycles. The van der Waals surface area contributed by atoms with Crippen molar-refractivity contribution in [2.24, 2.45) is 0 Å². The average molecular weight is 250 g/mol. The lowest BCUT2D eigenvalue weighted by Crippen LogP contribution is -2.39. The zero-order valence-electron chi connectivity index (χ0n) is 10.1. The van der Waals surface area contributed by atoms with Crippen molar-refractivity contribution in [3.05, 3.63) is 29.7 Å². The molecule has 1 aliphatic heterocycles. The van der Waals surface area contributed by atoms with Gasteiger partial charge in [-0.15, -0.1) is 0 Å². The maximum Gasteiger partial charge on any atom is 0.246 e. The highest BCUT2D eigenvalue weighted by Crippen LogP contribution is 2.24. The molecule has 1 fully saturated rings. The maximum absolute atomic E-state index is 5.48. The summed E-state index contributed by atoms with van der Waals surface area (Å²) in [6.07, 6.45) is 1.57. The summed E-state index contributed by atoms with van der Waals surface area (Å²) in [4.78, 5) is 6.47. The molecule has 0 radical (unpaired) electrons. The lowest BCUT2D eigenvalue weighted by atomic mass is 10.2. The van der Waals surface area contributed by atoms with E-state index in [-0.39, 0.29) is 6.04 Å². The van der Waals surface area contributed by atoms with Crippen LogP contribution in [0.15, 0.2) is 21.4 Å². The van der Waals surface area contributed by atoms with Gasteiger partial charge in [-0.3, -0.25) is 4.90 Å². The molecule has 0 saturated carbocycles. The van der Waals surface area contributed by atoms with Gasteiger partial charge in [0.2, 0.25) is 5.89 Å². The Morgan fingerprint density at radius 1 is 1.44 bits per heavy atom. The van der Waals surface area contributed by atoms with Crippen molar-refractivity contribution in [3.8, 4) is 0 Å². The molecule has 2 aromatic rings. The number of aryl methyl sites for hydroxylation is 1. The Morgan fingerprint density at radius 2 is 2.39 bits per heavy atom. The minimum atomic E-state index is -0.0170. The SMILES string of the molecule is Cc1noc(C2COCCN2Cc2ccon2)n1. The highest BCUT2D eigenvalue weighted by Gasteiger charge is 2.29. The summed E-state index contributed by atoms with van der Waals surface area (Å²) in [5.41, 5.74) is 0.887. The minimum Gasteiger partial charge on any atom is -0.378 e. The van der Waals surface area contributed by atoms with Gasteiger partial charge in [0.25, 0.3) is 0 Å². The van der Waals surface area contributed by atoms with Crippen LogP contribution in [0, 0.1) is 6.92 Å². The van der Waals surface area contributed by atoms with Crippen molar-refractivity contribution in [2.75, 3.05) is 19.8 Å². The van der Waals surface area contributed by atoms with E-state index in [1.807, 2.05) is 6.07 Å². The number of nitrogens with zero attached hydrogens (tertiary/aromatic N) is 4. The Bertz CT molecular complexity index is 496. The van der Waals surface area contributed by atoms with Crippen LogP contribution in [-0.2, 0) is 11.3 Å². The second kappa shape index (κ2) is 4.87. The van der Waals surface area contributed by atoms with Gasteiger partial charge < -0.3 is 13.8 Å². The molecule has 3 heterocycles. The van der Waals surface area contributed by atoms with E-state index in [0.717, 1.165) is 12.2 Å². The molecule has 7 heteroatoms. The van der Waals surface area contributed by atoms with Crippen molar-refractivity contribution in [3.63, 3.8) is 0 Å². The van der Waals surface area contributed by atoms with Crippen LogP contribution in [0.5, 0.6) is 0 Å². The standard InChI is InChI=1S/C11H14N4O3/c1-8-12-11(18-13-8)10-7-16-5-3-15(10)6-9-2-4-17-14-9/h2,4,10H,3,5-7H2,1H3. The van der Waals surface area contributed by atoms with E-state index in [4.69, 9.17) is 13.8 Å². The largest absolute Gasteiger partial charge is 0.378 e. The van der Waals surface area contributed by atoms with E-state index in [9.17, 15) is 0 Å². The molecular weight excluding hydrogens is 236 g/mol. The van der Waals surface area contributed by atoms with Crippen LogP contribution in [0.25, 0.3) is 0 Å². The number of rotatable bonds is 3. The van der Waals surface area contributed by atoms with Crippen LogP contribution in [0.2, 0.25) is 0 Å². The molecule has 2 aromatic heterocycles. The molecule has 0 bridgehead atoms. The van der Waals surface area contributed by atoms with E-state index in [1.54, 1.807) is 13.2 Å². The quantitative estimate of drug-likeness (QED) is 0.802. The van der Waals surface area contributed by atoms with Crippen LogP contribution in [0.3, 0.4) is 0 Å². The smallest absolute Gasteiger partial charge is 0.246 e. The first-order valence-electron chi connectivity index (χ1n) is 5.84. The van der Waals surface area contributed by atoms with Crippen LogP contribution < -0.4 is 0 Å². The fourth-order valence-corrected chi connectivity index (χ4v) is 2.03. The summed E-state index contributed by atoms with van der Waals surface area (Å²) in [5.74, 6) is 1.23. The molecule has 1 unspecified atom stereocenters. The number of aromatic nitrogens is 3. The number of hydrogen-bond donors (Lipinski definition) is 0. The fraction of sp³-hybridized carbons (Fsp3) is 0.545. The van der Waals surface area contributed by atoms with Crippen molar-refractivity contribution >= 4 is 0 Å². The number of hydrogen-bond acceptors (Lipinski definition) is 7. The van der Waals surface area contributed by atoms with Crippen molar-refractivity contribution < 1.29 is 13.8 Å². The molecule has 0 amide bonds. The van der Waals surface area contributed by atoms with E-state index in [0.29, 0.717) is 31.5 Å². The zero-order valence-corrected chi connectivity index (χ0v) is 10.1. The molecule has 0 N–H and O–H groups in total. The van der Waals surface area contributed by atoms with Crippen molar-refractivity contribution in [2.45, 2.75) is 19.5 Å². The monoisotopic (exact) mass is 250 g/mol. The third kappa shape index (κ3) is 2.27. The summed E-state index contributed by atoms with van der Waals surface area (Å²) in [6.45, 7) is 4.55. The third-order valence-corrected chi connectivity index (χ3v) is 2.92. The van der Waals surface area contributed by atoms with E-state index < -0.39 is 0 Å². The predicted octanol–water partition coefficient (Wildman–Crippen LogP) is 0.940. The van der Waals surface area contributed by atoms with Gasteiger partial charge in [-0.2, -0.15) is 4.98 Å². The highest BCUT2D eigenvalue weighted by molar-refractivity contribution is 4.99. The molecule has 0 aromatic carbocycles. The lowest BCUT2D eigenvalue weighted by molar-refractivity contribution is -0.0249. The third-order valence-electron chi connectivity index (χ3n) is 2.92. The van der Waals surface area contributed by atoms with Gasteiger partial charge in [0.05, 0.1) is 18.9 Å². The normalized spacial score (nSPS) is 21.3. The molecule has 1 atom stereocenters. The number of ether oxygens (including phenoxy) is 1. The Labute approximate surface area is 104 Å². The molecule has 18 heavy (non-hydrogen) atoms. The lowest BCUT2D eigenvalue weighted by Gasteiger charge is -2.32. The van der Waals surface area contributed by atoms with Gasteiger partial charge in [-0.05, 0) is 6.92 Å². The molecule has 7 nitrogen and oxygen atoms in total. The first-order valence-corrected chi connectivity index (χ1v) is 5.84. The average Bonchev–Trinajstić information content (AvgIpc) is 3.02. The first kappa shape index (κ1) is 11.4. The van der Waals surface area contributed by atoms with Gasteiger partial charge >= 0.3 is 0 Å². The van der Waals surface area contributed by atoms with Crippen LogP contribution in [0.4, 0.5) is 0 Å². The topological polar surface area (TPSA) is 77.4 Å². The Kier molecular flexibility index (Phi) is 3.07. The minimum absolute atomic E-state index is 0.0170. The Morgan fingerprint density at radius 3 is 3.11 bits per heavy atom. The van der Waals surface area contributed by atoms with Crippen LogP contribution >= 0.6 is 0 Å². The van der Waals surface area contributed by atoms with Crippen LogP contribution in [0.1, 0.15) is 23.5 Å². The van der Waals surface area contributed by atoms with Crippen LogP contribution in [-0.4, -0.2) is 40.0 Å². The summed E-state index contributed by atoms with van der Waals surface area (Å²) >= 11 is 0. The van der Waals surface area contributed by atoms with E-state index in [1.165, 1.54) is 0 Å². The predicted molar refractivity (Wildman–Crippen MR) is 59.5 cm³/mol. The van der Waals surface area contributed by atoms with Gasteiger partial charge in [0.1, 0.15) is 12.3 Å². The second-order valence-electron chi connectivity index (χ2n) is 4.23. The highest BCUT2D eigenvalue weighted by atomic mass is 16.5. The Balaban J connectivity index is 1.77. The van der Waals surface area contributed by atoms with Crippen molar-refractivity contribution in [1.82, 2.24) is 20.2 Å². The fourth-order valence-electron chi connectivity index (χ4n) is 2.03. The van der Waals surface area contributed by atoms with Gasteiger partial charge in [-0.1, -0.05) is 10.3 Å².